The van der Waals surface area contributed by atoms with Gasteiger partial charge in [0, 0.05) is 11.3 Å². The van der Waals surface area contributed by atoms with Crippen molar-refractivity contribution in [2.24, 2.45) is 0 Å². The maximum absolute atomic E-state index is 12.4. The molecule has 128 valence electrons. The Hall–Kier alpha value is -3.40. The van der Waals surface area contributed by atoms with Gasteiger partial charge in [-0.3, -0.25) is 4.79 Å². The van der Waals surface area contributed by atoms with E-state index in [1.807, 2.05) is 72.3 Å². The van der Waals surface area contributed by atoms with Crippen molar-refractivity contribution in [1.29, 1.82) is 0 Å². The van der Waals surface area contributed by atoms with Gasteiger partial charge in [-0.05, 0) is 44.2 Å². The molecule has 0 radical (unpaired) electrons. The second-order valence-electron chi connectivity index (χ2n) is 6.41. The monoisotopic (exact) mass is 341 g/mol. The van der Waals surface area contributed by atoms with E-state index in [4.69, 9.17) is 5.10 Å². The molecule has 2 aromatic carbocycles. The molecule has 0 spiro atoms. The van der Waals surface area contributed by atoms with Crippen molar-refractivity contribution in [2.75, 3.05) is 0 Å². The molecule has 4 aromatic rings. The molecule has 0 unspecified atom stereocenters. The first kappa shape index (κ1) is 16.1. The minimum Gasteiger partial charge on any atom is -0.326 e. The van der Waals surface area contributed by atoms with Gasteiger partial charge in [-0.15, -0.1) is 0 Å². The SMILES string of the molecule is Cc1ccc(-n2nc(-c3ccc(C)[nH]c3=O)cc2-c2ccccc2)cc1. The lowest BCUT2D eigenvalue weighted by atomic mass is 10.1. The van der Waals surface area contributed by atoms with E-state index in [9.17, 15) is 4.79 Å². The van der Waals surface area contributed by atoms with Crippen molar-refractivity contribution in [2.45, 2.75) is 13.8 Å². The molecule has 2 aromatic heterocycles. The van der Waals surface area contributed by atoms with Crippen molar-refractivity contribution in [1.82, 2.24) is 14.8 Å². The first-order valence-corrected chi connectivity index (χ1v) is 8.55. The Morgan fingerprint density at radius 1 is 0.885 bits per heavy atom. The van der Waals surface area contributed by atoms with Crippen molar-refractivity contribution in [3.8, 4) is 28.2 Å². The van der Waals surface area contributed by atoms with Crippen LogP contribution in [-0.4, -0.2) is 14.8 Å². The summed E-state index contributed by atoms with van der Waals surface area (Å²) in [6, 6.07) is 24.0. The number of nitrogens with zero attached hydrogens (tertiary/aromatic N) is 2. The summed E-state index contributed by atoms with van der Waals surface area (Å²) in [5.41, 5.74) is 6.09. The summed E-state index contributed by atoms with van der Waals surface area (Å²) in [4.78, 5) is 15.2. The molecule has 4 heteroatoms. The first-order chi connectivity index (χ1) is 12.6. The van der Waals surface area contributed by atoms with Crippen LogP contribution in [0.2, 0.25) is 0 Å². The van der Waals surface area contributed by atoms with Crippen LogP contribution in [0.15, 0.2) is 77.6 Å². The highest BCUT2D eigenvalue weighted by Crippen LogP contribution is 2.27. The molecule has 4 nitrogen and oxygen atoms in total. The molecule has 2 heterocycles. The van der Waals surface area contributed by atoms with Crippen LogP contribution in [0.1, 0.15) is 11.3 Å². The van der Waals surface area contributed by atoms with E-state index in [0.29, 0.717) is 11.3 Å². The molecule has 0 aliphatic carbocycles. The summed E-state index contributed by atoms with van der Waals surface area (Å²) in [7, 11) is 0. The van der Waals surface area contributed by atoms with Crippen LogP contribution in [0.4, 0.5) is 0 Å². The average Bonchev–Trinajstić information content (AvgIpc) is 3.08. The van der Waals surface area contributed by atoms with Crippen LogP contribution < -0.4 is 5.56 Å². The van der Waals surface area contributed by atoms with Crippen LogP contribution in [-0.2, 0) is 0 Å². The predicted molar refractivity (Wildman–Crippen MR) is 105 cm³/mol. The van der Waals surface area contributed by atoms with Gasteiger partial charge in [0.15, 0.2) is 0 Å². The van der Waals surface area contributed by atoms with Gasteiger partial charge in [0.05, 0.1) is 22.6 Å². The van der Waals surface area contributed by atoms with Gasteiger partial charge in [-0.2, -0.15) is 5.10 Å². The third kappa shape index (κ3) is 2.97. The smallest absolute Gasteiger partial charge is 0.257 e. The third-order valence-electron chi connectivity index (χ3n) is 4.39. The lowest BCUT2D eigenvalue weighted by Crippen LogP contribution is -2.10. The Balaban J connectivity index is 1.93. The van der Waals surface area contributed by atoms with E-state index in [1.54, 1.807) is 0 Å². The minimum atomic E-state index is -0.127. The Bertz CT molecular complexity index is 1110. The van der Waals surface area contributed by atoms with Gasteiger partial charge < -0.3 is 4.98 Å². The number of aromatic nitrogens is 3. The summed E-state index contributed by atoms with van der Waals surface area (Å²) in [6.45, 7) is 3.92. The highest BCUT2D eigenvalue weighted by atomic mass is 16.1. The minimum absolute atomic E-state index is 0.127. The Labute approximate surface area is 151 Å². The van der Waals surface area contributed by atoms with Crippen molar-refractivity contribution >= 4 is 0 Å². The number of nitrogens with one attached hydrogen (secondary N) is 1. The Morgan fingerprint density at radius 3 is 2.31 bits per heavy atom. The number of benzene rings is 2. The lowest BCUT2D eigenvalue weighted by Gasteiger charge is -2.07. The number of aryl methyl sites for hydroxylation is 2. The highest BCUT2D eigenvalue weighted by Gasteiger charge is 2.15. The molecule has 0 fully saturated rings. The second kappa shape index (κ2) is 6.48. The van der Waals surface area contributed by atoms with E-state index >= 15 is 0 Å². The molecule has 26 heavy (non-hydrogen) atoms. The average molecular weight is 341 g/mol. The number of aromatic amines is 1. The number of H-pyrrole nitrogens is 1. The Morgan fingerprint density at radius 2 is 1.62 bits per heavy atom. The number of hydrogen-bond donors (Lipinski definition) is 1. The molecule has 0 aliphatic heterocycles. The van der Waals surface area contributed by atoms with Crippen molar-refractivity contribution < 1.29 is 0 Å². The number of rotatable bonds is 3. The zero-order valence-corrected chi connectivity index (χ0v) is 14.7. The number of hydrogen-bond acceptors (Lipinski definition) is 2. The fourth-order valence-electron chi connectivity index (χ4n) is 2.98. The zero-order chi connectivity index (χ0) is 18.1. The molecule has 0 amide bonds. The van der Waals surface area contributed by atoms with Crippen LogP contribution in [0.25, 0.3) is 28.2 Å². The predicted octanol–water partition coefficient (Wildman–Crippen LogP) is 4.51. The quantitative estimate of drug-likeness (QED) is 0.596. The summed E-state index contributed by atoms with van der Waals surface area (Å²) in [5.74, 6) is 0. The fraction of sp³-hybridized carbons (Fsp3) is 0.0909. The zero-order valence-electron chi connectivity index (χ0n) is 14.7. The van der Waals surface area contributed by atoms with Gasteiger partial charge in [0.1, 0.15) is 0 Å². The molecule has 0 saturated carbocycles. The summed E-state index contributed by atoms with van der Waals surface area (Å²) >= 11 is 0. The van der Waals surface area contributed by atoms with E-state index < -0.39 is 0 Å². The standard InChI is InChI=1S/C22H19N3O/c1-15-8-11-18(12-9-15)25-21(17-6-4-3-5-7-17)14-20(24-25)19-13-10-16(2)23-22(19)26/h3-14H,1-2H3,(H,23,26). The normalized spacial score (nSPS) is 10.8. The molecule has 1 N–H and O–H groups in total. The molecule has 0 atom stereocenters. The van der Waals surface area contributed by atoms with Crippen molar-refractivity contribution in [3.05, 3.63) is 94.4 Å². The fourth-order valence-corrected chi connectivity index (χ4v) is 2.98. The molecular formula is C22H19N3O. The van der Waals surface area contributed by atoms with Gasteiger partial charge in [0.25, 0.3) is 5.56 Å². The van der Waals surface area contributed by atoms with Gasteiger partial charge in [-0.1, -0.05) is 48.0 Å². The van der Waals surface area contributed by atoms with Crippen LogP contribution in [0.5, 0.6) is 0 Å². The van der Waals surface area contributed by atoms with E-state index in [-0.39, 0.29) is 5.56 Å². The van der Waals surface area contributed by atoms with E-state index in [2.05, 4.69) is 24.0 Å². The van der Waals surface area contributed by atoms with Crippen LogP contribution in [0.3, 0.4) is 0 Å². The maximum atomic E-state index is 12.4. The molecule has 4 rings (SSSR count). The van der Waals surface area contributed by atoms with Crippen LogP contribution in [0, 0.1) is 13.8 Å². The highest BCUT2D eigenvalue weighted by molar-refractivity contribution is 5.70. The first-order valence-electron chi connectivity index (χ1n) is 8.55. The molecule has 0 aliphatic rings. The molecule has 0 saturated heterocycles. The van der Waals surface area contributed by atoms with Gasteiger partial charge in [0.2, 0.25) is 0 Å². The van der Waals surface area contributed by atoms with Crippen LogP contribution >= 0.6 is 0 Å². The topological polar surface area (TPSA) is 50.7 Å². The molecular weight excluding hydrogens is 322 g/mol. The molecule has 0 bridgehead atoms. The van der Waals surface area contributed by atoms with Gasteiger partial charge >= 0.3 is 0 Å². The maximum Gasteiger partial charge on any atom is 0.257 e. The van der Waals surface area contributed by atoms with E-state index in [1.165, 1.54) is 5.56 Å². The number of pyridine rings is 1. The second-order valence-corrected chi connectivity index (χ2v) is 6.41. The summed E-state index contributed by atoms with van der Waals surface area (Å²) < 4.78 is 1.89. The lowest BCUT2D eigenvalue weighted by molar-refractivity contribution is 0.890. The third-order valence-corrected chi connectivity index (χ3v) is 4.39. The summed E-state index contributed by atoms with van der Waals surface area (Å²) in [6.07, 6.45) is 0. The van der Waals surface area contributed by atoms with Crippen molar-refractivity contribution in [3.63, 3.8) is 0 Å². The van der Waals surface area contributed by atoms with E-state index in [0.717, 1.165) is 22.6 Å². The largest absolute Gasteiger partial charge is 0.326 e. The summed E-state index contributed by atoms with van der Waals surface area (Å²) in [5, 5.41) is 4.74. The van der Waals surface area contributed by atoms with Gasteiger partial charge in [-0.25, -0.2) is 4.68 Å². The Kier molecular flexibility index (Phi) is 4.01.